The van der Waals surface area contributed by atoms with Gasteiger partial charge in [-0.3, -0.25) is 0 Å². The Hall–Kier alpha value is -1.13. The molecule has 5 heteroatoms. The lowest BCUT2D eigenvalue weighted by Gasteiger charge is -2.21. The normalized spacial score (nSPS) is 15.1. The topological polar surface area (TPSA) is 34.0 Å². The largest absolute Gasteiger partial charge is 0.310 e. The molecule has 19 heavy (non-hydrogen) atoms. The van der Waals surface area contributed by atoms with Crippen LogP contribution in [0, 0.1) is 6.92 Å². The van der Waals surface area contributed by atoms with E-state index in [-0.39, 0.29) is 5.38 Å². The molecule has 0 spiro atoms. The van der Waals surface area contributed by atoms with E-state index in [4.69, 9.17) is 11.6 Å². The van der Waals surface area contributed by atoms with Gasteiger partial charge in [-0.15, -0.1) is 11.6 Å². The van der Waals surface area contributed by atoms with E-state index < -0.39 is 0 Å². The molecule has 0 aliphatic rings. The average Bonchev–Trinajstić information content (AvgIpc) is 2.70. The number of nitrogens with zero attached hydrogens (tertiary/aromatic N) is 4. The van der Waals surface area contributed by atoms with Gasteiger partial charge in [0.25, 0.3) is 0 Å². The number of likely N-dealkylation sites (N-methyl/N-ethyl adjacent to an activating group) is 1. The highest BCUT2D eigenvalue weighted by Gasteiger charge is 2.19. The Balaban J connectivity index is 2.56. The average molecular weight is 281 g/mol. The van der Waals surface area contributed by atoms with Gasteiger partial charge in [-0.2, -0.15) is 0 Å². The molecule has 0 saturated carbocycles. The number of aryl methyl sites for hydroxylation is 1. The summed E-state index contributed by atoms with van der Waals surface area (Å²) in [5, 5.41) is -0.122. The third-order valence-corrected chi connectivity index (χ3v) is 3.74. The first-order valence-corrected chi connectivity index (χ1v) is 6.97. The second-order valence-corrected chi connectivity index (χ2v) is 5.96. The lowest BCUT2D eigenvalue weighted by Crippen LogP contribution is -2.30. The van der Waals surface area contributed by atoms with Crippen molar-refractivity contribution in [3.05, 3.63) is 23.7 Å². The van der Waals surface area contributed by atoms with E-state index in [0.717, 1.165) is 29.1 Å². The van der Waals surface area contributed by atoms with Crippen LogP contribution in [0.1, 0.15) is 30.6 Å². The van der Waals surface area contributed by atoms with Gasteiger partial charge in [0.15, 0.2) is 5.65 Å². The Bertz CT molecular complexity index is 574. The maximum Gasteiger partial charge on any atom is 0.160 e. The molecule has 2 atom stereocenters. The number of aromatic nitrogens is 3. The summed E-state index contributed by atoms with van der Waals surface area (Å²) in [5.74, 6) is 0.896. The predicted octanol–water partition coefficient (Wildman–Crippen LogP) is 2.99. The number of halogens is 1. The minimum absolute atomic E-state index is 0.122. The van der Waals surface area contributed by atoms with E-state index in [1.54, 1.807) is 0 Å². The second kappa shape index (κ2) is 5.47. The van der Waals surface area contributed by atoms with Gasteiger partial charge >= 0.3 is 0 Å². The van der Waals surface area contributed by atoms with Crippen LogP contribution in [0.25, 0.3) is 11.2 Å². The minimum atomic E-state index is -0.122. The molecular formula is C14H21ClN4. The Kier molecular flexibility index (Phi) is 4.11. The van der Waals surface area contributed by atoms with Crippen molar-refractivity contribution >= 4 is 22.8 Å². The molecule has 0 radical (unpaired) electrons. The van der Waals surface area contributed by atoms with Crippen LogP contribution in [-0.2, 0) is 6.54 Å². The molecule has 2 aromatic heterocycles. The van der Waals surface area contributed by atoms with Gasteiger partial charge < -0.3 is 9.47 Å². The number of hydrogen-bond donors (Lipinski definition) is 0. The van der Waals surface area contributed by atoms with E-state index in [0.29, 0.717) is 6.04 Å². The van der Waals surface area contributed by atoms with Gasteiger partial charge in [0.05, 0.1) is 5.38 Å². The number of pyridine rings is 1. The smallest absolute Gasteiger partial charge is 0.160 e. The monoisotopic (exact) mass is 280 g/mol. The molecule has 2 aromatic rings. The van der Waals surface area contributed by atoms with Crippen molar-refractivity contribution < 1.29 is 0 Å². The van der Waals surface area contributed by atoms with Crippen molar-refractivity contribution in [3.63, 3.8) is 0 Å². The van der Waals surface area contributed by atoms with Gasteiger partial charge in [0.2, 0.25) is 0 Å². The van der Waals surface area contributed by atoms with E-state index in [9.17, 15) is 0 Å². The fourth-order valence-corrected chi connectivity index (χ4v) is 2.23. The van der Waals surface area contributed by atoms with Crippen LogP contribution in [0.15, 0.2) is 12.3 Å². The van der Waals surface area contributed by atoms with Gasteiger partial charge in [0, 0.05) is 18.8 Å². The van der Waals surface area contributed by atoms with E-state index in [2.05, 4.69) is 47.4 Å². The van der Waals surface area contributed by atoms with Crippen LogP contribution >= 0.6 is 11.6 Å². The summed E-state index contributed by atoms with van der Waals surface area (Å²) in [6.45, 7) is 7.03. The molecule has 0 aromatic carbocycles. The zero-order chi connectivity index (χ0) is 14.2. The Morgan fingerprint density at radius 1 is 1.37 bits per heavy atom. The first-order valence-electron chi connectivity index (χ1n) is 6.54. The molecule has 2 heterocycles. The number of hydrogen-bond acceptors (Lipinski definition) is 3. The van der Waals surface area contributed by atoms with Gasteiger partial charge in [-0.25, -0.2) is 9.97 Å². The van der Waals surface area contributed by atoms with Gasteiger partial charge in [0.1, 0.15) is 11.3 Å². The molecule has 4 nitrogen and oxygen atoms in total. The van der Waals surface area contributed by atoms with E-state index >= 15 is 0 Å². The Morgan fingerprint density at radius 3 is 2.63 bits per heavy atom. The summed E-state index contributed by atoms with van der Waals surface area (Å²) < 4.78 is 2.14. The molecule has 0 aliphatic carbocycles. The highest BCUT2D eigenvalue weighted by Crippen LogP contribution is 2.25. The molecule has 0 N–H and O–H groups in total. The summed E-state index contributed by atoms with van der Waals surface area (Å²) in [6.07, 6.45) is 1.83. The standard InChI is InChI=1S/C14H21ClN4/c1-9-6-7-16-14-12(9)17-13(11(3)15)19(14)8-10(2)18(4)5/h6-7,10-11H,8H2,1-5H3. The van der Waals surface area contributed by atoms with Crippen molar-refractivity contribution in [1.82, 2.24) is 19.4 Å². The molecule has 0 amide bonds. The lowest BCUT2D eigenvalue weighted by atomic mass is 10.2. The molecule has 0 bridgehead atoms. The maximum atomic E-state index is 6.27. The summed E-state index contributed by atoms with van der Waals surface area (Å²) >= 11 is 6.27. The lowest BCUT2D eigenvalue weighted by molar-refractivity contribution is 0.283. The van der Waals surface area contributed by atoms with Crippen molar-refractivity contribution in [2.45, 2.75) is 38.7 Å². The van der Waals surface area contributed by atoms with E-state index in [1.165, 1.54) is 0 Å². The van der Waals surface area contributed by atoms with Gasteiger partial charge in [-0.05, 0) is 46.5 Å². The van der Waals surface area contributed by atoms with Crippen LogP contribution in [0.2, 0.25) is 0 Å². The fourth-order valence-electron chi connectivity index (χ4n) is 2.07. The number of alkyl halides is 1. The highest BCUT2D eigenvalue weighted by atomic mass is 35.5. The molecule has 0 saturated heterocycles. The van der Waals surface area contributed by atoms with Crippen LogP contribution < -0.4 is 0 Å². The van der Waals surface area contributed by atoms with Crippen molar-refractivity contribution in [3.8, 4) is 0 Å². The van der Waals surface area contributed by atoms with Crippen LogP contribution in [-0.4, -0.2) is 39.6 Å². The third-order valence-electron chi connectivity index (χ3n) is 3.55. The predicted molar refractivity (Wildman–Crippen MR) is 79.7 cm³/mol. The summed E-state index contributed by atoms with van der Waals surface area (Å²) in [4.78, 5) is 11.3. The fraction of sp³-hybridized carbons (Fsp3) is 0.571. The van der Waals surface area contributed by atoms with Crippen LogP contribution in [0.3, 0.4) is 0 Å². The maximum absolute atomic E-state index is 6.27. The SMILES string of the molecule is Cc1ccnc2c1nc(C(C)Cl)n2CC(C)N(C)C. The second-order valence-electron chi connectivity index (χ2n) is 5.31. The summed E-state index contributed by atoms with van der Waals surface area (Å²) in [5.41, 5.74) is 3.02. The summed E-state index contributed by atoms with van der Waals surface area (Å²) in [6, 6.07) is 2.38. The minimum Gasteiger partial charge on any atom is -0.310 e. The quantitative estimate of drug-likeness (QED) is 0.808. The van der Waals surface area contributed by atoms with Crippen molar-refractivity contribution in [2.24, 2.45) is 0 Å². The zero-order valence-corrected chi connectivity index (χ0v) is 12.9. The van der Waals surface area contributed by atoms with Crippen molar-refractivity contribution in [1.29, 1.82) is 0 Å². The Morgan fingerprint density at radius 2 is 2.05 bits per heavy atom. The van der Waals surface area contributed by atoms with Gasteiger partial charge in [-0.1, -0.05) is 0 Å². The molecule has 0 fully saturated rings. The number of imidazole rings is 1. The van der Waals surface area contributed by atoms with Crippen molar-refractivity contribution in [2.75, 3.05) is 14.1 Å². The molecule has 2 rings (SSSR count). The summed E-state index contributed by atoms with van der Waals surface area (Å²) in [7, 11) is 4.15. The first kappa shape index (κ1) is 14.3. The first-order chi connectivity index (χ1) is 8.91. The number of rotatable bonds is 4. The molecule has 0 aliphatic heterocycles. The van der Waals surface area contributed by atoms with E-state index in [1.807, 2.05) is 19.2 Å². The molecule has 2 unspecified atom stereocenters. The third kappa shape index (κ3) is 2.74. The zero-order valence-electron chi connectivity index (χ0n) is 12.2. The van der Waals surface area contributed by atoms with Crippen LogP contribution in [0.4, 0.5) is 0 Å². The molecule has 104 valence electrons. The van der Waals surface area contributed by atoms with Crippen LogP contribution in [0.5, 0.6) is 0 Å². The highest BCUT2D eigenvalue weighted by molar-refractivity contribution is 6.20. The molecular weight excluding hydrogens is 260 g/mol. The Labute approximate surface area is 119 Å². The number of fused-ring (bicyclic) bond motifs is 1.